The summed E-state index contributed by atoms with van der Waals surface area (Å²) in [5, 5.41) is 12.0. The highest BCUT2D eigenvalue weighted by molar-refractivity contribution is 7.89. The maximum atomic E-state index is 12.3. The summed E-state index contributed by atoms with van der Waals surface area (Å²) < 4.78 is 27.1. The second-order valence-corrected chi connectivity index (χ2v) is 8.79. The number of carbonyl (C=O) groups is 1. The molecule has 1 atom stereocenters. The van der Waals surface area contributed by atoms with Crippen molar-refractivity contribution in [1.82, 2.24) is 14.9 Å². The predicted molar refractivity (Wildman–Crippen MR) is 103 cm³/mol. The van der Waals surface area contributed by atoms with Gasteiger partial charge < -0.3 is 0 Å². The van der Waals surface area contributed by atoms with E-state index in [9.17, 15) is 13.2 Å². The molecule has 1 unspecified atom stereocenters. The lowest BCUT2D eigenvalue weighted by atomic mass is 10.2. The van der Waals surface area contributed by atoms with Crippen LogP contribution in [0.25, 0.3) is 0 Å². The highest BCUT2D eigenvalue weighted by atomic mass is 32.2. The molecule has 2 N–H and O–H groups in total. The molecule has 0 aliphatic heterocycles. The van der Waals surface area contributed by atoms with Crippen LogP contribution in [0.15, 0.2) is 29.2 Å². The van der Waals surface area contributed by atoms with Crippen molar-refractivity contribution >= 4 is 32.4 Å². The Morgan fingerprint density at radius 2 is 1.88 bits per heavy atom. The molecule has 142 valence electrons. The van der Waals surface area contributed by atoms with Crippen molar-refractivity contribution in [2.45, 2.75) is 57.4 Å². The van der Waals surface area contributed by atoms with Crippen LogP contribution in [-0.2, 0) is 16.4 Å². The Hall–Kier alpha value is -1.84. The first-order valence-corrected chi connectivity index (χ1v) is 10.9. The zero-order valence-corrected chi connectivity index (χ0v) is 16.8. The number of aromatic nitrogens is 2. The summed E-state index contributed by atoms with van der Waals surface area (Å²) in [5.74, 6) is -0.345. The van der Waals surface area contributed by atoms with Crippen LogP contribution in [0.4, 0.5) is 5.13 Å². The fourth-order valence-electron chi connectivity index (χ4n) is 2.10. The number of hydrogen-bond acceptors (Lipinski definition) is 6. The molecule has 26 heavy (non-hydrogen) atoms. The molecule has 0 saturated carbocycles. The summed E-state index contributed by atoms with van der Waals surface area (Å²) in [6, 6.07) is 5.67. The number of anilines is 1. The van der Waals surface area contributed by atoms with E-state index in [0.717, 1.165) is 24.3 Å². The lowest BCUT2D eigenvalue weighted by Gasteiger charge is -2.12. The highest BCUT2D eigenvalue weighted by Crippen LogP contribution is 2.18. The van der Waals surface area contributed by atoms with Gasteiger partial charge in [-0.15, -0.1) is 10.2 Å². The van der Waals surface area contributed by atoms with Crippen molar-refractivity contribution in [3.63, 3.8) is 0 Å². The quantitative estimate of drug-likeness (QED) is 0.678. The van der Waals surface area contributed by atoms with Gasteiger partial charge in [-0.1, -0.05) is 31.6 Å². The first-order valence-electron chi connectivity index (χ1n) is 8.61. The fourth-order valence-corrected chi connectivity index (χ4v) is 4.21. The number of unbranched alkanes of at least 4 members (excludes halogenated alkanes) is 1. The van der Waals surface area contributed by atoms with E-state index in [1.165, 1.54) is 35.6 Å². The molecule has 1 heterocycles. The van der Waals surface area contributed by atoms with Crippen molar-refractivity contribution in [3.8, 4) is 0 Å². The summed E-state index contributed by atoms with van der Waals surface area (Å²) >= 11 is 1.35. The van der Waals surface area contributed by atoms with Gasteiger partial charge in [0.25, 0.3) is 5.91 Å². The Morgan fingerprint density at radius 1 is 1.19 bits per heavy atom. The summed E-state index contributed by atoms with van der Waals surface area (Å²) in [4.78, 5) is 12.4. The van der Waals surface area contributed by atoms with E-state index in [1.54, 1.807) is 6.92 Å². The molecule has 0 spiro atoms. The number of rotatable bonds is 9. The molecule has 1 amide bonds. The Morgan fingerprint density at radius 3 is 2.50 bits per heavy atom. The van der Waals surface area contributed by atoms with Crippen molar-refractivity contribution in [1.29, 1.82) is 0 Å². The zero-order valence-electron chi connectivity index (χ0n) is 15.2. The molecule has 0 aliphatic rings. The van der Waals surface area contributed by atoms with Gasteiger partial charge in [0.2, 0.25) is 15.2 Å². The van der Waals surface area contributed by atoms with Gasteiger partial charge in [0.1, 0.15) is 5.01 Å². The van der Waals surface area contributed by atoms with Crippen LogP contribution in [-0.4, -0.2) is 30.6 Å². The SMILES string of the molecule is CCCCc1nnc(NC(=O)c2ccc(S(=O)(=O)NC(C)CC)cc2)s1. The lowest BCUT2D eigenvalue weighted by molar-refractivity contribution is 0.102. The Bertz CT molecular complexity index is 832. The third-order valence-corrected chi connectivity index (χ3v) is 6.33. The van der Waals surface area contributed by atoms with Crippen molar-refractivity contribution < 1.29 is 13.2 Å². The van der Waals surface area contributed by atoms with Gasteiger partial charge in [-0.05, 0) is 44.0 Å². The van der Waals surface area contributed by atoms with Crippen LogP contribution in [0, 0.1) is 0 Å². The molecule has 0 radical (unpaired) electrons. The predicted octanol–water partition coefficient (Wildman–Crippen LogP) is 3.21. The average Bonchev–Trinajstić information content (AvgIpc) is 3.06. The number of sulfonamides is 1. The van der Waals surface area contributed by atoms with Gasteiger partial charge in [-0.2, -0.15) is 0 Å². The Kier molecular flexibility index (Phi) is 7.24. The molecule has 9 heteroatoms. The molecule has 2 rings (SSSR count). The van der Waals surface area contributed by atoms with Crippen LogP contribution < -0.4 is 10.0 Å². The first kappa shape index (κ1) is 20.5. The van der Waals surface area contributed by atoms with Crippen LogP contribution >= 0.6 is 11.3 Å². The van der Waals surface area contributed by atoms with Crippen LogP contribution in [0.1, 0.15) is 55.4 Å². The van der Waals surface area contributed by atoms with Crippen LogP contribution in [0.2, 0.25) is 0 Å². The van der Waals surface area contributed by atoms with Gasteiger partial charge in [0.15, 0.2) is 0 Å². The maximum Gasteiger partial charge on any atom is 0.257 e. The average molecular weight is 397 g/mol. The number of aryl methyl sites for hydroxylation is 1. The van der Waals surface area contributed by atoms with E-state index in [2.05, 4.69) is 27.2 Å². The minimum atomic E-state index is -3.58. The first-order chi connectivity index (χ1) is 12.4. The number of carbonyl (C=O) groups excluding carboxylic acids is 1. The fraction of sp³-hybridized carbons (Fsp3) is 0.471. The van der Waals surface area contributed by atoms with Gasteiger partial charge in [0.05, 0.1) is 4.90 Å². The smallest absolute Gasteiger partial charge is 0.257 e. The number of nitrogens with zero attached hydrogens (tertiary/aromatic N) is 2. The van der Waals surface area contributed by atoms with Gasteiger partial charge >= 0.3 is 0 Å². The number of amides is 1. The van der Waals surface area contributed by atoms with E-state index in [4.69, 9.17) is 0 Å². The van der Waals surface area contributed by atoms with Crippen molar-refractivity contribution in [3.05, 3.63) is 34.8 Å². The molecule has 1 aromatic heterocycles. The molecule has 2 aromatic rings. The van der Waals surface area contributed by atoms with Gasteiger partial charge in [-0.25, -0.2) is 13.1 Å². The second-order valence-electron chi connectivity index (χ2n) is 6.01. The summed E-state index contributed by atoms with van der Waals surface area (Å²) in [5.41, 5.74) is 0.359. The molecular weight excluding hydrogens is 372 g/mol. The number of benzene rings is 1. The van der Waals surface area contributed by atoms with E-state index in [-0.39, 0.29) is 16.8 Å². The van der Waals surface area contributed by atoms with Crippen molar-refractivity contribution in [2.75, 3.05) is 5.32 Å². The van der Waals surface area contributed by atoms with E-state index >= 15 is 0 Å². The summed E-state index contributed by atoms with van der Waals surface area (Å²) in [7, 11) is -3.58. The lowest BCUT2D eigenvalue weighted by Crippen LogP contribution is -2.32. The Balaban J connectivity index is 2.03. The largest absolute Gasteiger partial charge is 0.296 e. The number of nitrogens with one attached hydrogen (secondary N) is 2. The van der Waals surface area contributed by atoms with E-state index < -0.39 is 10.0 Å². The van der Waals surface area contributed by atoms with Crippen molar-refractivity contribution in [2.24, 2.45) is 0 Å². The third kappa shape index (κ3) is 5.58. The van der Waals surface area contributed by atoms with E-state index in [0.29, 0.717) is 17.1 Å². The minimum Gasteiger partial charge on any atom is -0.296 e. The highest BCUT2D eigenvalue weighted by Gasteiger charge is 2.17. The minimum absolute atomic E-state index is 0.132. The molecule has 0 bridgehead atoms. The second kappa shape index (κ2) is 9.20. The van der Waals surface area contributed by atoms with Gasteiger partial charge in [-0.3, -0.25) is 10.1 Å². The van der Waals surface area contributed by atoms with Gasteiger partial charge in [0, 0.05) is 18.0 Å². The molecule has 1 aromatic carbocycles. The molecular formula is C17H24N4O3S2. The topological polar surface area (TPSA) is 101 Å². The molecule has 7 nitrogen and oxygen atoms in total. The zero-order chi connectivity index (χ0) is 19.2. The van der Waals surface area contributed by atoms with Crippen LogP contribution in [0.3, 0.4) is 0 Å². The maximum absolute atomic E-state index is 12.3. The standard InChI is InChI=1S/C17H24N4O3S2/c1-4-6-7-15-19-20-17(25-15)18-16(22)13-8-10-14(11-9-13)26(23,24)21-12(3)5-2/h8-12,21H,4-7H2,1-3H3,(H,18,20,22). The van der Waals surface area contributed by atoms with E-state index in [1.807, 2.05) is 6.92 Å². The third-order valence-electron chi connectivity index (χ3n) is 3.83. The Labute approximate surface area is 158 Å². The molecule has 0 saturated heterocycles. The normalized spacial score (nSPS) is 12.7. The summed E-state index contributed by atoms with van der Waals surface area (Å²) in [6.45, 7) is 5.81. The molecule has 0 fully saturated rings. The summed E-state index contributed by atoms with van der Waals surface area (Å²) in [6.07, 6.45) is 3.65. The molecule has 0 aliphatic carbocycles. The van der Waals surface area contributed by atoms with Crippen LogP contribution in [0.5, 0.6) is 0 Å². The number of hydrogen-bond donors (Lipinski definition) is 2. The monoisotopic (exact) mass is 396 g/mol.